The molecule has 23 heavy (non-hydrogen) atoms. The molecule has 2 amide bonds. The summed E-state index contributed by atoms with van der Waals surface area (Å²) in [5.74, 6) is -1.45. The number of alkyl halides is 2. The summed E-state index contributed by atoms with van der Waals surface area (Å²) in [4.78, 5) is 28.3. The number of thiazole rings is 1. The molecule has 0 saturated carbocycles. The lowest BCUT2D eigenvalue weighted by Crippen LogP contribution is -2.33. The van der Waals surface area contributed by atoms with Gasteiger partial charge in [-0.1, -0.05) is 0 Å². The number of aromatic nitrogens is 1. The molecule has 1 aliphatic heterocycles. The lowest BCUT2D eigenvalue weighted by molar-refractivity contribution is -0.141. The van der Waals surface area contributed by atoms with Gasteiger partial charge in [0.05, 0.1) is 16.1 Å². The zero-order valence-electron chi connectivity index (χ0n) is 11.8. The van der Waals surface area contributed by atoms with Crippen LogP contribution in [0.5, 0.6) is 0 Å². The fraction of sp³-hybridized carbons (Fsp3) is 0.357. The van der Waals surface area contributed by atoms with E-state index in [1.807, 2.05) is 0 Å². The molecule has 2 N–H and O–H groups in total. The molecule has 0 radical (unpaired) electrons. The summed E-state index contributed by atoms with van der Waals surface area (Å²) in [6.45, 7) is 0.542. The monoisotopic (exact) mass is 341 g/mol. The minimum Gasteiger partial charge on any atom is -0.481 e. The van der Waals surface area contributed by atoms with Crippen LogP contribution in [0.25, 0.3) is 10.2 Å². The van der Waals surface area contributed by atoms with Gasteiger partial charge in [-0.05, 0) is 24.6 Å². The second-order valence-electron chi connectivity index (χ2n) is 5.24. The average Bonchev–Trinajstić information content (AvgIpc) is 3.13. The van der Waals surface area contributed by atoms with Crippen LogP contribution in [0.15, 0.2) is 18.2 Å². The van der Waals surface area contributed by atoms with Gasteiger partial charge in [-0.3, -0.25) is 4.79 Å². The highest BCUT2D eigenvalue weighted by Crippen LogP contribution is 2.31. The molecule has 2 aromatic rings. The first kappa shape index (κ1) is 15.6. The molecular weight excluding hydrogens is 328 g/mol. The van der Waals surface area contributed by atoms with Crippen molar-refractivity contribution in [2.75, 3.05) is 18.4 Å². The average molecular weight is 341 g/mol. The molecule has 1 fully saturated rings. The van der Waals surface area contributed by atoms with Crippen LogP contribution in [0.4, 0.5) is 19.3 Å². The van der Waals surface area contributed by atoms with Crippen LogP contribution in [0.2, 0.25) is 0 Å². The first-order valence-electron chi connectivity index (χ1n) is 6.91. The fourth-order valence-corrected chi connectivity index (χ4v) is 3.32. The molecular formula is C14H13F2N3O3S. The van der Waals surface area contributed by atoms with E-state index in [1.54, 1.807) is 18.2 Å². The van der Waals surface area contributed by atoms with E-state index in [4.69, 9.17) is 5.11 Å². The number of halogens is 2. The first-order chi connectivity index (χ1) is 10.9. The number of hydrogen-bond donors (Lipinski definition) is 2. The van der Waals surface area contributed by atoms with Gasteiger partial charge in [0.2, 0.25) is 0 Å². The molecule has 1 atom stereocenters. The molecule has 3 rings (SSSR count). The molecule has 122 valence electrons. The van der Waals surface area contributed by atoms with E-state index in [9.17, 15) is 18.4 Å². The minimum atomic E-state index is -2.62. The minimum absolute atomic E-state index is 0.166. The quantitative estimate of drug-likeness (QED) is 0.898. The van der Waals surface area contributed by atoms with E-state index in [2.05, 4.69) is 10.3 Å². The van der Waals surface area contributed by atoms with Crippen molar-refractivity contribution in [3.8, 4) is 0 Å². The van der Waals surface area contributed by atoms with E-state index in [0.29, 0.717) is 28.9 Å². The molecule has 0 spiro atoms. The number of urea groups is 1. The maximum absolute atomic E-state index is 12.6. The van der Waals surface area contributed by atoms with Gasteiger partial charge >= 0.3 is 12.0 Å². The van der Waals surface area contributed by atoms with Gasteiger partial charge in [0.15, 0.2) is 5.01 Å². The summed E-state index contributed by atoms with van der Waals surface area (Å²) < 4.78 is 25.8. The third kappa shape index (κ3) is 3.24. The van der Waals surface area contributed by atoms with Crippen molar-refractivity contribution in [3.63, 3.8) is 0 Å². The molecule has 2 heterocycles. The third-order valence-electron chi connectivity index (χ3n) is 3.67. The maximum Gasteiger partial charge on any atom is 0.321 e. The number of anilines is 1. The Kier molecular flexibility index (Phi) is 4.12. The second kappa shape index (κ2) is 6.07. The largest absolute Gasteiger partial charge is 0.481 e. The third-order valence-corrected chi connectivity index (χ3v) is 4.69. The van der Waals surface area contributed by atoms with E-state index >= 15 is 0 Å². The highest BCUT2D eigenvalue weighted by atomic mass is 32.1. The summed E-state index contributed by atoms with van der Waals surface area (Å²) >= 11 is 0.879. The zero-order valence-corrected chi connectivity index (χ0v) is 12.6. The molecule has 0 aliphatic carbocycles. The van der Waals surface area contributed by atoms with Crippen LogP contribution in [-0.4, -0.2) is 40.1 Å². The Morgan fingerprint density at radius 2 is 2.22 bits per heavy atom. The Morgan fingerprint density at radius 3 is 2.87 bits per heavy atom. The van der Waals surface area contributed by atoms with Crippen molar-refractivity contribution in [3.05, 3.63) is 23.2 Å². The number of carbonyl (C=O) groups is 2. The van der Waals surface area contributed by atoms with E-state index in [-0.39, 0.29) is 11.6 Å². The number of carboxylic acids is 1. The number of rotatable bonds is 3. The van der Waals surface area contributed by atoms with Gasteiger partial charge in [-0.25, -0.2) is 18.6 Å². The molecule has 1 aliphatic rings. The van der Waals surface area contributed by atoms with Crippen LogP contribution in [0.1, 0.15) is 17.9 Å². The Morgan fingerprint density at radius 1 is 1.43 bits per heavy atom. The van der Waals surface area contributed by atoms with Gasteiger partial charge in [0.1, 0.15) is 0 Å². The van der Waals surface area contributed by atoms with Gasteiger partial charge < -0.3 is 15.3 Å². The van der Waals surface area contributed by atoms with Gasteiger partial charge in [-0.15, -0.1) is 11.3 Å². The van der Waals surface area contributed by atoms with Crippen molar-refractivity contribution in [2.24, 2.45) is 5.92 Å². The summed E-state index contributed by atoms with van der Waals surface area (Å²) in [6.07, 6.45) is -2.20. The summed E-state index contributed by atoms with van der Waals surface area (Å²) in [6, 6.07) is 4.34. The summed E-state index contributed by atoms with van der Waals surface area (Å²) in [5, 5.41) is 11.3. The molecule has 1 aromatic carbocycles. The Balaban J connectivity index is 1.71. The topological polar surface area (TPSA) is 82.5 Å². The fourth-order valence-electron chi connectivity index (χ4n) is 2.46. The van der Waals surface area contributed by atoms with Crippen molar-refractivity contribution >= 4 is 39.2 Å². The molecule has 0 bridgehead atoms. The standard InChI is InChI=1S/C14H13F2N3O3S/c15-11(16)12-18-9-2-1-8(5-10(9)23-12)17-14(22)19-4-3-7(6-19)13(20)21/h1-2,5,7,11H,3-4,6H2,(H,17,22)(H,20,21). The molecule has 9 heteroatoms. The second-order valence-corrected chi connectivity index (χ2v) is 6.30. The maximum atomic E-state index is 12.6. The summed E-state index contributed by atoms with van der Waals surface area (Å²) in [5.41, 5.74) is 0.918. The first-order valence-corrected chi connectivity index (χ1v) is 7.73. The van der Waals surface area contributed by atoms with Crippen molar-refractivity contribution in [2.45, 2.75) is 12.8 Å². The van der Waals surface area contributed by atoms with Crippen molar-refractivity contribution < 1.29 is 23.5 Å². The van der Waals surface area contributed by atoms with Crippen LogP contribution in [-0.2, 0) is 4.79 Å². The number of hydrogen-bond acceptors (Lipinski definition) is 4. The van der Waals surface area contributed by atoms with Gasteiger partial charge in [0.25, 0.3) is 6.43 Å². The molecule has 1 saturated heterocycles. The van der Waals surface area contributed by atoms with Gasteiger partial charge in [0, 0.05) is 18.8 Å². The summed E-state index contributed by atoms with van der Waals surface area (Å²) in [7, 11) is 0. The van der Waals surface area contributed by atoms with E-state index in [1.165, 1.54) is 4.90 Å². The molecule has 1 aromatic heterocycles. The van der Waals surface area contributed by atoms with Crippen LogP contribution in [0.3, 0.4) is 0 Å². The SMILES string of the molecule is O=C(O)C1CCN(C(=O)Nc2ccc3nc(C(F)F)sc3c2)C1. The van der Waals surface area contributed by atoms with E-state index in [0.717, 1.165) is 11.3 Å². The number of fused-ring (bicyclic) bond motifs is 1. The van der Waals surface area contributed by atoms with Crippen LogP contribution in [0, 0.1) is 5.92 Å². The molecule has 6 nitrogen and oxygen atoms in total. The lowest BCUT2D eigenvalue weighted by atomic mass is 10.1. The number of aliphatic carboxylic acids is 1. The van der Waals surface area contributed by atoms with Crippen molar-refractivity contribution in [1.29, 1.82) is 0 Å². The Hall–Kier alpha value is -2.29. The Bertz CT molecular complexity index is 765. The highest BCUT2D eigenvalue weighted by Gasteiger charge is 2.30. The van der Waals surface area contributed by atoms with E-state index < -0.39 is 24.3 Å². The predicted octanol–water partition coefficient (Wildman–Crippen LogP) is 3.17. The van der Waals surface area contributed by atoms with Crippen LogP contribution < -0.4 is 5.32 Å². The lowest BCUT2D eigenvalue weighted by Gasteiger charge is -2.16. The number of nitrogens with zero attached hydrogens (tertiary/aromatic N) is 2. The van der Waals surface area contributed by atoms with Crippen LogP contribution >= 0.6 is 11.3 Å². The normalized spacial score (nSPS) is 17.9. The highest BCUT2D eigenvalue weighted by molar-refractivity contribution is 7.18. The smallest absolute Gasteiger partial charge is 0.321 e. The number of likely N-dealkylation sites (tertiary alicyclic amines) is 1. The number of nitrogens with one attached hydrogen (secondary N) is 1. The molecule has 1 unspecified atom stereocenters. The van der Waals surface area contributed by atoms with Crippen molar-refractivity contribution in [1.82, 2.24) is 9.88 Å². The predicted molar refractivity (Wildman–Crippen MR) is 80.9 cm³/mol. The number of carboxylic acid groups (broad SMARTS) is 1. The number of carbonyl (C=O) groups excluding carboxylic acids is 1. The number of benzene rings is 1. The Labute approximate surface area is 133 Å². The zero-order chi connectivity index (χ0) is 16.6. The van der Waals surface area contributed by atoms with Gasteiger partial charge in [-0.2, -0.15) is 0 Å². The number of amides is 2.